The molecule has 1 aliphatic rings. The third-order valence-electron chi connectivity index (χ3n) is 4.29. The first-order chi connectivity index (χ1) is 10.6. The van der Waals surface area contributed by atoms with E-state index in [0.717, 1.165) is 19.5 Å². The van der Waals surface area contributed by atoms with Crippen LogP contribution in [-0.4, -0.2) is 33.4 Å². The number of benzene rings is 1. The zero-order valence-electron chi connectivity index (χ0n) is 13.3. The van der Waals surface area contributed by atoms with Crippen molar-refractivity contribution in [2.75, 3.05) is 13.1 Å². The fourth-order valence-corrected chi connectivity index (χ4v) is 3.16. The first kappa shape index (κ1) is 14.8. The summed E-state index contributed by atoms with van der Waals surface area (Å²) in [5, 5.41) is 0. The van der Waals surface area contributed by atoms with Gasteiger partial charge in [-0.05, 0) is 31.2 Å². The SMILES string of the molecule is Cc1cccc(Cn2ccnc2C(=O)N2CCC[C@H](C)C2)c1. The topological polar surface area (TPSA) is 38.1 Å². The van der Waals surface area contributed by atoms with Crippen molar-refractivity contribution in [3.8, 4) is 0 Å². The van der Waals surface area contributed by atoms with Crippen LogP contribution < -0.4 is 0 Å². The van der Waals surface area contributed by atoms with E-state index in [1.54, 1.807) is 6.20 Å². The van der Waals surface area contributed by atoms with Gasteiger partial charge in [-0.1, -0.05) is 36.8 Å². The maximum atomic E-state index is 12.7. The number of aryl methyl sites for hydroxylation is 1. The number of likely N-dealkylation sites (tertiary alicyclic amines) is 1. The van der Waals surface area contributed by atoms with Gasteiger partial charge in [0.15, 0.2) is 5.82 Å². The van der Waals surface area contributed by atoms with Gasteiger partial charge in [-0.25, -0.2) is 4.98 Å². The van der Waals surface area contributed by atoms with Crippen molar-refractivity contribution >= 4 is 5.91 Å². The molecular formula is C18H23N3O. The molecule has 1 saturated heterocycles. The minimum Gasteiger partial charge on any atom is -0.336 e. The second kappa shape index (κ2) is 6.34. The summed E-state index contributed by atoms with van der Waals surface area (Å²) in [4.78, 5) is 19.0. The first-order valence-corrected chi connectivity index (χ1v) is 7.99. The number of hydrogen-bond acceptors (Lipinski definition) is 2. The first-order valence-electron chi connectivity index (χ1n) is 7.99. The van der Waals surface area contributed by atoms with Gasteiger partial charge in [0.1, 0.15) is 0 Å². The summed E-state index contributed by atoms with van der Waals surface area (Å²) >= 11 is 0. The quantitative estimate of drug-likeness (QED) is 0.873. The van der Waals surface area contributed by atoms with E-state index in [2.05, 4.69) is 43.1 Å². The van der Waals surface area contributed by atoms with E-state index in [1.165, 1.54) is 17.5 Å². The highest BCUT2D eigenvalue weighted by atomic mass is 16.2. The molecule has 1 fully saturated rings. The van der Waals surface area contributed by atoms with Gasteiger partial charge >= 0.3 is 0 Å². The molecule has 1 atom stereocenters. The second-order valence-electron chi connectivity index (χ2n) is 6.37. The molecule has 1 aliphatic heterocycles. The van der Waals surface area contributed by atoms with Crippen LogP contribution in [-0.2, 0) is 6.54 Å². The predicted octanol–water partition coefficient (Wildman–Crippen LogP) is 3.11. The Morgan fingerprint density at radius 2 is 2.27 bits per heavy atom. The van der Waals surface area contributed by atoms with E-state index in [9.17, 15) is 4.79 Å². The number of hydrogen-bond donors (Lipinski definition) is 0. The zero-order valence-corrected chi connectivity index (χ0v) is 13.3. The molecule has 4 heteroatoms. The predicted molar refractivity (Wildman–Crippen MR) is 86.8 cm³/mol. The summed E-state index contributed by atoms with van der Waals surface area (Å²) < 4.78 is 1.95. The van der Waals surface area contributed by atoms with Crippen molar-refractivity contribution in [3.63, 3.8) is 0 Å². The number of aromatic nitrogens is 2. The Bertz CT molecular complexity index is 662. The number of rotatable bonds is 3. The number of piperidine rings is 1. The fourth-order valence-electron chi connectivity index (χ4n) is 3.16. The highest BCUT2D eigenvalue weighted by Gasteiger charge is 2.24. The largest absolute Gasteiger partial charge is 0.336 e. The Hall–Kier alpha value is -2.10. The molecule has 2 heterocycles. The number of imidazole rings is 1. The van der Waals surface area contributed by atoms with E-state index < -0.39 is 0 Å². The Balaban J connectivity index is 1.78. The summed E-state index contributed by atoms with van der Waals surface area (Å²) in [7, 11) is 0. The Kier molecular flexibility index (Phi) is 4.27. The maximum Gasteiger partial charge on any atom is 0.289 e. The van der Waals surface area contributed by atoms with Crippen molar-refractivity contribution in [2.45, 2.75) is 33.2 Å². The van der Waals surface area contributed by atoms with Crippen molar-refractivity contribution in [2.24, 2.45) is 5.92 Å². The molecule has 0 N–H and O–H groups in total. The lowest BCUT2D eigenvalue weighted by atomic mass is 10.0. The van der Waals surface area contributed by atoms with Crippen LogP contribution in [0.4, 0.5) is 0 Å². The van der Waals surface area contributed by atoms with Crippen LogP contribution in [0.15, 0.2) is 36.7 Å². The van der Waals surface area contributed by atoms with Crippen LogP contribution in [0.3, 0.4) is 0 Å². The van der Waals surface area contributed by atoms with Gasteiger partial charge in [0.2, 0.25) is 0 Å². The smallest absolute Gasteiger partial charge is 0.289 e. The molecule has 0 aliphatic carbocycles. The van der Waals surface area contributed by atoms with Crippen molar-refractivity contribution in [1.29, 1.82) is 0 Å². The average Bonchev–Trinajstić information content (AvgIpc) is 2.94. The summed E-state index contributed by atoms with van der Waals surface area (Å²) in [6.07, 6.45) is 5.91. The highest BCUT2D eigenvalue weighted by molar-refractivity contribution is 5.91. The summed E-state index contributed by atoms with van der Waals surface area (Å²) in [5.74, 6) is 1.19. The summed E-state index contributed by atoms with van der Waals surface area (Å²) in [6, 6.07) is 8.37. The van der Waals surface area contributed by atoms with Gasteiger partial charge in [0.25, 0.3) is 5.91 Å². The van der Waals surface area contributed by atoms with E-state index in [4.69, 9.17) is 0 Å². The standard InChI is InChI=1S/C18H23N3O/c1-14-5-3-7-16(11-14)13-20-10-8-19-17(20)18(22)21-9-4-6-15(2)12-21/h3,5,7-8,10-11,15H,4,6,9,12-13H2,1-2H3/t15-/m0/s1. The van der Waals surface area contributed by atoms with Crippen molar-refractivity contribution in [1.82, 2.24) is 14.5 Å². The molecule has 0 radical (unpaired) electrons. The van der Waals surface area contributed by atoms with Crippen LogP contribution in [0.2, 0.25) is 0 Å². The highest BCUT2D eigenvalue weighted by Crippen LogP contribution is 2.18. The lowest BCUT2D eigenvalue weighted by molar-refractivity contribution is 0.0666. The van der Waals surface area contributed by atoms with Gasteiger partial charge in [-0.3, -0.25) is 4.79 Å². The normalized spacial score (nSPS) is 18.5. The Morgan fingerprint density at radius 3 is 3.05 bits per heavy atom. The van der Waals surface area contributed by atoms with E-state index in [1.807, 2.05) is 15.7 Å². The Labute approximate surface area is 131 Å². The summed E-state index contributed by atoms with van der Waals surface area (Å²) in [6.45, 7) is 6.67. The molecular weight excluding hydrogens is 274 g/mol. The number of amides is 1. The second-order valence-corrected chi connectivity index (χ2v) is 6.37. The minimum absolute atomic E-state index is 0.0594. The lowest BCUT2D eigenvalue weighted by Crippen LogP contribution is -2.40. The van der Waals surface area contributed by atoms with Crippen LogP contribution in [0.1, 0.15) is 41.5 Å². The van der Waals surface area contributed by atoms with E-state index in [-0.39, 0.29) is 5.91 Å². The van der Waals surface area contributed by atoms with Gasteiger partial charge in [-0.15, -0.1) is 0 Å². The third kappa shape index (κ3) is 3.21. The average molecular weight is 297 g/mol. The molecule has 22 heavy (non-hydrogen) atoms. The van der Waals surface area contributed by atoms with Gasteiger partial charge in [0, 0.05) is 32.0 Å². The molecule has 4 nitrogen and oxygen atoms in total. The minimum atomic E-state index is 0.0594. The molecule has 0 spiro atoms. The molecule has 1 aromatic heterocycles. The van der Waals surface area contributed by atoms with E-state index in [0.29, 0.717) is 18.3 Å². The molecule has 1 aromatic carbocycles. The van der Waals surface area contributed by atoms with Gasteiger partial charge in [0.05, 0.1) is 0 Å². The van der Waals surface area contributed by atoms with Crippen molar-refractivity contribution in [3.05, 3.63) is 53.6 Å². The molecule has 0 saturated carbocycles. The van der Waals surface area contributed by atoms with Crippen LogP contribution in [0.5, 0.6) is 0 Å². The molecule has 3 rings (SSSR count). The van der Waals surface area contributed by atoms with Crippen LogP contribution in [0.25, 0.3) is 0 Å². The summed E-state index contributed by atoms with van der Waals surface area (Å²) in [5.41, 5.74) is 2.43. The lowest BCUT2D eigenvalue weighted by Gasteiger charge is -2.30. The van der Waals surface area contributed by atoms with E-state index >= 15 is 0 Å². The Morgan fingerprint density at radius 1 is 1.41 bits per heavy atom. The van der Waals surface area contributed by atoms with Crippen LogP contribution >= 0.6 is 0 Å². The molecule has 116 valence electrons. The zero-order chi connectivity index (χ0) is 15.5. The molecule has 1 amide bonds. The monoisotopic (exact) mass is 297 g/mol. The van der Waals surface area contributed by atoms with Crippen LogP contribution in [0, 0.1) is 12.8 Å². The third-order valence-corrected chi connectivity index (χ3v) is 4.29. The number of carbonyl (C=O) groups is 1. The van der Waals surface area contributed by atoms with Crippen molar-refractivity contribution < 1.29 is 4.79 Å². The molecule has 0 bridgehead atoms. The number of carbonyl (C=O) groups excluding carboxylic acids is 1. The number of nitrogens with zero attached hydrogens (tertiary/aromatic N) is 3. The van der Waals surface area contributed by atoms with Gasteiger partial charge in [-0.2, -0.15) is 0 Å². The molecule has 0 unspecified atom stereocenters. The fraction of sp³-hybridized carbons (Fsp3) is 0.444. The maximum absolute atomic E-state index is 12.7. The molecule has 2 aromatic rings. The van der Waals surface area contributed by atoms with Gasteiger partial charge < -0.3 is 9.47 Å².